The number of hydrogen-bond donors (Lipinski definition) is 1. The van der Waals surface area contributed by atoms with Crippen molar-refractivity contribution in [3.05, 3.63) is 0 Å². The molecule has 0 radical (unpaired) electrons. The summed E-state index contributed by atoms with van der Waals surface area (Å²) in [5.41, 5.74) is -0.402. The summed E-state index contributed by atoms with van der Waals surface area (Å²) in [5, 5.41) is 10.2. The summed E-state index contributed by atoms with van der Waals surface area (Å²) in [6, 6.07) is 0. The fourth-order valence-electron chi connectivity index (χ4n) is 5.38. The van der Waals surface area contributed by atoms with E-state index < -0.39 is 11.4 Å². The molecule has 0 spiro atoms. The third-order valence-corrected chi connectivity index (χ3v) is 7.01. The molecule has 0 amide bonds. The lowest BCUT2D eigenvalue weighted by Gasteiger charge is -2.41. The van der Waals surface area contributed by atoms with E-state index in [0.29, 0.717) is 5.92 Å². The van der Waals surface area contributed by atoms with Crippen LogP contribution in [0.1, 0.15) is 116 Å². The Morgan fingerprint density at radius 3 is 2.21 bits per heavy atom. The number of aliphatic carboxylic acids is 1. The lowest BCUT2D eigenvalue weighted by atomic mass is 9.63. The van der Waals surface area contributed by atoms with Gasteiger partial charge in [0.05, 0.1) is 5.41 Å². The first kappa shape index (κ1) is 19.8. The molecule has 2 rings (SSSR count). The summed E-state index contributed by atoms with van der Waals surface area (Å²) in [7, 11) is 0. The molecule has 2 heteroatoms. The van der Waals surface area contributed by atoms with Crippen molar-refractivity contribution in [2.24, 2.45) is 17.3 Å². The third kappa shape index (κ3) is 5.49. The van der Waals surface area contributed by atoms with Crippen molar-refractivity contribution in [2.75, 3.05) is 0 Å². The minimum absolute atomic E-state index is 0.402. The summed E-state index contributed by atoms with van der Waals surface area (Å²) in [4.78, 5) is 12.4. The highest BCUT2D eigenvalue weighted by molar-refractivity contribution is 5.75. The van der Waals surface area contributed by atoms with Gasteiger partial charge in [-0.05, 0) is 43.9 Å². The van der Waals surface area contributed by atoms with Crippen molar-refractivity contribution in [3.8, 4) is 0 Å². The number of carboxylic acids is 1. The van der Waals surface area contributed by atoms with Crippen LogP contribution in [0.5, 0.6) is 0 Å². The van der Waals surface area contributed by atoms with Crippen LogP contribution in [0.15, 0.2) is 0 Å². The van der Waals surface area contributed by atoms with Crippen molar-refractivity contribution in [1.82, 2.24) is 0 Å². The first-order valence-electron chi connectivity index (χ1n) is 10.9. The summed E-state index contributed by atoms with van der Waals surface area (Å²) in [6.45, 7) is 2.27. The molecule has 0 aromatic carbocycles. The minimum Gasteiger partial charge on any atom is -0.481 e. The zero-order valence-electron chi connectivity index (χ0n) is 16.0. The van der Waals surface area contributed by atoms with Gasteiger partial charge < -0.3 is 5.11 Å². The van der Waals surface area contributed by atoms with Gasteiger partial charge in [-0.15, -0.1) is 0 Å². The Morgan fingerprint density at radius 2 is 1.54 bits per heavy atom. The largest absolute Gasteiger partial charge is 0.481 e. The first-order valence-corrected chi connectivity index (χ1v) is 10.9. The average molecular weight is 337 g/mol. The van der Waals surface area contributed by atoms with Gasteiger partial charge in [0.1, 0.15) is 0 Å². The van der Waals surface area contributed by atoms with Crippen molar-refractivity contribution in [2.45, 2.75) is 116 Å². The SMILES string of the molecule is CCCCCC1CCCCC(C(=O)O)(C2CCCCCCC2)CC1. The van der Waals surface area contributed by atoms with Crippen LogP contribution < -0.4 is 0 Å². The molecule has 2 aliphatic carbocycles. The average Bonchev–Trinajstić information content (AvgIpc) is 2.50. The van der Waals surface area contributed by atoms with Gasteiger partial charge in [-0.25, -0.2) is 0 Å². The van der Waals surface area contributed by atoms with Gasteiger partial charge in [-0.1, -0.05) is 84.0 Å². The Labute approximate surface area is 149 Å². The van der Waals surface area contributed by atoms with Crippen LogP contribution in [0.25, 0.3) is 0 Å². The van der Waals surface area contributed by atoms with E-state index in [2.05, 4.69) is 6.92 Å². The smallest absolute Gasteiger partial charge is 0.309 e. The molecule has 0 aromatic heterocycles. The van der Waals surface area contributed by atoms with E-state index >= 15 is 0 Å². The molecule has 2 fully saturated rings. The van der Waals surface area contributed by atoms with E-state index in [9.17, 15) is 9.90 Å². The van der Waals surface area contributed by atoms with Crippen LogP contribution >= 0.6 is 0 Å². The van der Waals surface area contributed by atoms with Crippen LogP contribution in [0.2, 0.25) is 0 Å². The Morgan fingerprint density at radius 1 is 0.875 bits per heavy atom. The van der Waals surface area contributed by atoms with E-state index in [-0.39, 0.29) is 0 Å². The summed E-state index contributed by atoms with van der Waals surface area (Å²) < 4.78 is 0. The minimum atomic E-state index is -0.470. The molecule has 2 atom stereocenters. The molecule has 1 N–H and O–H groups in total. The lowest BCUT2D eigenvalue weighted by molar-refractivity contribution is -0.155. The van der Waals surface area contributed by atoms with E-state index in [1.807, 2.05) is 0 Å². The lowest BCUT2D eigenvalue weighted by Crippen LogP contribution is -2.40. The van der Waals surface area contributed by atoms with E-state index in [4.69, 9.17) is 0 Å². The van der Waals surface area contributed by atoms with Gasteiger partial charge >= 0.3 is 5.97 Å². The second-order valence-corrected chi connectivity index (χ2v) is 8.65. The van der Waals surface area contributed by atoms with Crippen LogP contribution in [-0.2, 0) is 4.79 Å². The third-order valence-electron chi connectivity index (χ3n) is 7.01. The van der Waals surface area contributed by atoms with Crippen LogP contribution in [0, 0.1) is 17.3 Å². The van der Waals surface area contributed by atoms with Gasteiger partial charge in [-0.2, -0.15) is 0 Å². The fourth-order valence-corrected chi connectivity index (χ4v) is 5.38. The van der Waals surface area contributed by atoms with Crippen LogP contribution in [0.4, 0.5) is 0 Å². The highest BCUT2D eigenvalue weighted by Gasteiger charge is 2.45. The van der Waals surface area contributed by atoms with Gasteiger partial charge in [0.2, 0.25) is 0 Å². The molecule has 0 bridgehead atoms. The standard InChI is InChI=1S/C22H40O2/c1-2-3-7-12-19-13-10-11-17-22(18-16-19,21(23)24)20-14-8-5-4-6-9-15-20/h19-20H,2-18H2,1H3,(H,23,24). The van der Waals surface area contributed by atoms with Crippen molar-refractivity contribution >= 4 is 5.97 Å². The zero-order valence-corrected chi connectivity index (χ0v) is 16.0. The van der Waals surface area contributed by atoms with E-state index in [0.717, 1.165) is 44.4 Å². The Kier molecular flexibility index (Phi) is 8.62. The van der Waals surface area contributed by atoms with Crippen molar-refractivity contribution in [3.63, 3.8) is 0 Å². The topological polar surface area (TPSA) is 37.3 Å². The highest BCUT2D eigenvalue weighted by atomic mass is 16.4. The van der Waals surface area contributed by atoms with Crippen LogP contribution in [0.3, 0.4) is 0 Å². The maximum Gasteiger partial charge on any atom is 0.309 e. The van der Waals surface area contributed by atoms with Crippen molar-refractivity contribution < 1.29 is 9.90 Å². The molecule has 2 aliphatic rings. The normalized spacial score (nSPS) is 30.8. The molecule has 2 nitrogen and oxygen atoms in total. The molecule has 0 saturated heterocycles. The molecular formula is C22H40O2. The van der Waals surface area contributed by atoms with Crippen LogP contribution in [-0.4, -0.2) is 11.1 Å². The monoisotopic (exact) mass is 336 g/mol. The molecule has 0 aliphatic heterocycles. The van der Waals surface area contributed by atoms with Gasteiger partial charge in [0, 0.05) is 0 Å². The predicted molar refractivity (Wildman–Crippen MR) is 101 cm³/mol. The number of unbranched alkanes of at least 4 members (excludes halogenated alkanes) is 2. The second-order valence-electron chi connectivity index (χ2n) is 8.65. The maximum atomic E-state index is 12.4. The fraction of sp³-hybridized carbons (Fsp3) is 0.955. The highest BCUT2D eigenvalue weighted by Crippen LogP contribution is 2.47. The zero-order chi connectivity index (χ0) is 17.3. The summed E-state index contributed by atoms with van der Waals surface area (Å²) in [5.74, 6) is 0.746. The Bertz CT molecular complexity index is 357. The van der Waals surface area contributed by atoms with E-state index in [1.54, 1.807) is 0 Å². The van der Waals surface area contributed by atoms with Crippen molar-refractivity contribution in [1.29, 1.82) is 0 Å². The summed E-state index contributed by atoms with van der Waals surface area (Å²) in [6.07, 6.45) is 20.8. The summed E-state index contributed by atoms with van der Waals surface area (Å²) >= 11 is 0. The number of rotatable bonds is 6. The predicted octanol–water partition coefficient (Wildman–Crippen LogP) is 6.97. The number of hydrogen-bond acceptors (Lipinski definition) is 1. The van der Waals surface area contributed by atoms with Gasteiger partial charge in [0.15, 0.2) is 0 Å². The van der Waals surface area contributed by atoms with E-state index in [1.165, 1.54) is 70.6 Å². The first-order chi connectivity index (χ1) is 11.7. The molecule has 0 aromatic rings. The molecule has 140 valence electrons. The molecular weight excluding hydrogens is 296 g/mol. The van der Waals surface area contributed by atoms with Gasteiger partial charge in [-0.3, -0.25) is 4.79 Å². The number of carbonyl (C=O) groups is 1. The molecule has 0 heterocycles. The number of carboxylic acid groups (broad SMARTS) is 1. The van der Waals surface area contributed by atoms with Gasteiger partial charge in [0.25, 0.3) is 0 Å². The maximum absolute atomic E-state index is 12.4. The molecule has 24 heavy (non-hydrogen) atoms. The molecule has 2 saturated carbocycles. The molecule has 2 unspecified atom stereocenters. The second kappa shape index (κ2) is 10.5. The quantitative estimate of drug-likeness (QED) is 0.532. The Hall–Kier alpha value is -0.530. The Balaban J connectivity index is 2.03.